The van der Waals surface area contributed by atoms with Crippen molar-refractivity contribution in [3.05, 3.63) is 0 Å². The van der Waals surface area contributed by atoms with Crippen LogP contribution in [0.25, 0.3) is 0 Å². The molecule has 0 amide bonds. The predicted molar refractivity (Wildman–Crippen MR) is 50.2 cm³/mol. The number of rotatable bonds is 2. The lowest BCUT2D eigenvalue weighted by atomic mass is 9.98. The maximum absolute atomic E-state index is 10.0. The van der Waals surface area contributed by atoms with Gasteiger partial charge < -0.3 is 9.53 Å². The number of carbonyl (C=O) groups excluding carboxylic acids is 1. The summed E-state index contributed by atoms with van der Waals surface area (Å²) in [5.41, 5.74) is 0. The second-order valence-corrected chi connectivity index (χ2v) is 3.17. The van der Waals surface area contributed by atoms with E-state index >= 15 is 0 Å². The topological polar surface area (TPSA) is 26.3 Å². The lowest BCUT2D eigenvalue weighted by Crippen LogP contribution is -2.15. The standard InChI is InChI=1S/C7H12O2.C3H8/c8-4-1-7-2-5-9-6-3-7;1-3-2/h4,7H,1-3,5-6H2;3H2,1-2H3. The molecule has 72 valence electrons. The van der Waals surface area contributed by atoms with Gasteiger partial charge in [0.15, 0.2) is 0 Å². The third kappa shape index (κ3) is 6.35. The molecule has 0 bridgehead atoms. The molecule has 0 spiro atoms. The third-order valence-electron chi connectivity index (χ3n) is 1.77. The van der Waals surface area contributed by atoms with Crippen LogP contribution in [-0.4, -0.2) is 19.5 Å². The minimum atomic E-state index is 0.608. The van der Waals surface area contributed by atoms with Crippen LogP contribution in [0.1, 0.15) is 39.5 Å². The van der Waals surface area contributed by atoms with Crippen LogP contribution in [0.4, 0.5) is 0 Å². The van der Waals surface area contributed by atoms with E-state index in [1.54, 1.807) is 0 Å². The fourth-order valence-corrected chi connectivity index (χ4v) is 1.12. The number of hydrogen-bond acceptors (Lipinski definition) is 2. The summed E-state index contributed by atoms with van der Waals surface area (Å²) in [7, 11) is 0. The van der Waals surface area contributed by atoms with E-state index in [1.807, 2.05) is 0 Å². The van der Waals surface area contributed by atoms with Gasteiger partial charge in [-0.1, -0.05) is 20.3 Å². The Hall–Kier alpha value is -0.370. The zero-order valence-electron chi connectivity index (χ0n) is 8.21. The monoisotopic (exact) mass is 172 g/mol. The Morgan fingerprint density at radius 2 is 1.83 bits per heavy atom. The first-order valence-corrected chi connectivity index (χ1v) is 4.86. The molecule has 0 aromatic heterocycles. The Morgan fingerprint density at radius 3 is 2.25 bits per heavy atom. The summed E-state index contributed by atoms with van der Waals surface area (Å²) >= 11 is 0. The Balaban J connectivity index is 0.000000354. The van der Waals surface area contributed by atoms with Crippen LogP contribution in [0.3, 0.4) is 0 Å². The average Bonchev–Trinajstić information content (AvgIpc) is 2.08. The van der Waals surface area contributed by atoms with Gasteiger partial charge in [-0.05, 0) is 18.8 Å². The first kappa shape index (κ1) is 11.6. The summed E-state index contributed by atoms with van der Waals surface area (Å²) in [6.07, 6.45) is 5.12. The van der Waals surface area contributed by atoms with E-state index in [0.29, 0.717) is 5.92 Å². The van der Waals surface area contributed by atoms with Crippen LogP contribution in [0.2, 0.25) is 0 Å². The highest BCUT2D eigenvalue weighted by atomic mass is 16.5. The van der Waals surface area contributed by atoms with Crippen LogP contribution in [-0.2, 0) is 9.53 Å². The Labute approximate surface area is 75.3 Å². The Bertz CT molecular complexity index is 96.0. The minimum absolute atomic E-state index is 0.608. The van der Waals surface area contributed by atoms with Crippen LogP contribution in [0, 0.1) is 5.92 Å². The van der Waals surface area contributed by atoms with Gasteiger partial charge in [0.05, 0.1) is 0 Å². The van der Waals surface area contributed by atoms with Crippen LogP contribution in [0.15, 0.2) is 0 Å². The molecular weight excluding hydrogens is 152 g/mol. The van der Waals surface area contributed by atoms with Gasteiger partial charge in [-0.3, -0.25) is 0 Å². The smallest absolute Gasteiger partial charge is 0.120 e. The molecule has 0 unspecified atom stereocenters. The quantitative estimate of drug-likeness (QED) is 0.598. The number of aldehydes is 1. The van der Waals surface area contributed by atoms with Gasteiger partial charge in [0.25, 0.3) is 0 Å². The van der Waals surface area contributed by atoms with Crippen molar-refractivity contribution in [1.82, 2.24) is 0 Å². The molecule has 12 heavy (non-hydrogen) atoms. The highest BCUT2D eigenvalue weighted by Gasteiger charge is 2.11. The van der Waals surface area contributed by atoms with Gasteiger partial charge in [-0.2, -0.15) is 0 Å². The lowest BCUT2D eigenvalue weighted by Gasteiger charge is -2.19. The number of hydrogen-bond donors (Lipinski definition) is 0. The van der Waals surface area contributed by atoms with Crippen molar-refractivity contribution in [1.29, 1.82) is 0 Å². The summed E-state index contributed by atoms with van der Waals surface area (Å²) in [4.78, 5) is 10.0. The summed E-state index contributed by atoms with van der Waals surface area (Å²) in [6.45, 7) is 5.94. The fourth-order valence-electron chi connectivity index (χ4n) is 1.12. The molecule has 2 heteroatoms. The van der Waals surface area contributed by atoms with E-state index in [-0.39, 0.29) is 0 Å². The first-order valence-electron chi connectivity index (χ1n) is 4.86. The highest BCUT2D eigenvalue weighted by molar-refractivity contribution is 5.49. The zero-order valence-corrected chi connectivity index (χ0v) is 8.21. The van der Waals surface area contributed by atoms with Crippen LogP contribution < -0.4 is 0 Å². The first-order chi connectivity index (χ1) is 5.85. The van der Waals surface area contributed by atoms with Crippen molar-refractivity contribution in [2.24, 2.45) is 5.92 Å². The van der Waals surface area contributed by atoms with E-state index < -0.39 is 0 Å². The minimum Gasteiger partial charge on any atom is -0.381 e. The SMILES string of the molecule is CCC.O=CCC1CCOCC1. The van der Waals surface area contributed by atoms with Crippen LogP contribution >= 0.6 is 0 Å². The second-order valence-electron chi connectivity index (χ2n) is 3.17. The molecule has 1 fully saturated rings. The third-order valence-corrected chi connectivity index (χ3v) is 1.77. The summed E-state index contributed by atoms with van der Waals surface area (Å²) in [5, 5.41) is 0. The maximum Gasteiger partial charge on any atom is 0.120 e. The molecule has 1 saturated heterocycles. The molecule has 1 rings (SSSR count). The lowest BCUT2D eigenvalue weighted by molar-refractivity contribution is -0.109. The number of carbonyl (C=O) groups is 1. The molecule has 1 aliphatic rings. The molecule has 0 radical (unpaired) electrons. The highest BCUT2D eigenvalue weighted by Crippen LogP contribution is 2.16. The average molecular weight is 172 g/mol. The molecule has 0 aromatic rings. The molecule has 0 aliphatic carbocycles. The Kier molecular flexibility index (Phi) is 8.46. The maximum atomic E-state index is 10.0. The van der Waals surface area contributed by atoms with Crippen LogP contribution in [0.5, 0.6) is 0 Å². The van der Waals surface area contributed by atoms with Gasteiger partial charge in [0, 0.05) is 19.6 Å². The summed E-state index contributed by atoms with van der Waals surface area (Å²) in [6, 6.07) is 0. The van der Waals surface area contributed by atoms with Crippen molar-refractivity contribution < 1.29 is 9.53 Å². The molecular formula is C10H20O2. The van der Waals surface area contributed by atoms with Crippen molar-refractivity contribution in [3.8, 4) is 0 Å². The van der Waals surface area contributed by atoms with E-state index in [0.717, 1.165) is 38.8 Å². The van der Waals surface area contributed by atoms with Gasteiger partial charge in [-0.25, -0.2) is 0 Å². The predicted octanol–water partition coefficient (Wildman–Crippen LogP) is 2.42. The van der Waals surface area contributed by atoms with Gasteiger partial charge in [0.2, 0.25) is 0 Å². The normalized spacial score (nSPS) is 17.8. The van der Waals surface area contributed by atoms with Crippen molar-refractivity contribution >= 4 is 6.29 Å². The summed E-state index contributed by atoms with van der Waals surface area (Å²) in [5.74, 6) is 0.608. The molecule has 0 aromatic carbocycles. The van der Waals surface area contributed by atoms with E-state index in [4.69, 9.17) is 4.74 Å². The fraction of sp³-hybridized carbons (Fsp3) is 0.900. The van der Waals surface area contributed by atoms with Gasteiger partial charge >= 0.3 is 0 Å². The van der Waals surface area contributed by atoms with E-state index in [1.165, 1.54) is 6.42 Å². The van der Waals surface area contributed by atoms with Gasteiger partial charge in [-0.15, -0.1) is 0 Å². The zero-order chi connectivity index (χ0) is 9.23. The number of ether oxygens (including phenoxy) is 1. The van der Waals surface area contributed by atoms with Gasteiger partial charge in [0.1, 0.15) is 6.29 Å². The second kappa shape index (κ2) is 8.72. The molecule has 1 aliphatic heterocycles. The van der Waals surface area contributed by atoms with E-state index in [2.05, 4.69) is 13.8 Å². The summed E-state index contributed by atoms with van der Waals surface area (Å²) < 4.78 is 5.13. The molecule has 1 heterocycles. The molecule has 0 saturated carbocycles. The molecule has 0 N–H and O–H groups in total. The van der Waals surface area contributed by atoms with Crippen molar-refractivity contribution in [2.45, 2.75) is 39.5 Å². The molecule has 2 nitrogen and oxygen atoms in total. The van der Waals surface area contributed by atoms with E-state index in [9.17, 15) is 4.79 Å². The van der Waals surface area contributed by atoms with Crippen molar-refractivity contribution in [2.75, 3.05) is 13.2 Å². The Morgan fingerprint density at radius 1 is 1.33 bits per heavy atom. The van der Waals surface area contributed by atoms with Crippen molar-refractivity contribution in [3.63, 3.8) is 0 Å². The largest absolute Gasteiger partial charge is 0.381 e. The molecule has 0 atom stereocenters.